The van der Waals surface area contributed by atoms with E-state index in [2.05, 4.69) is 22.9 Å². The number of anilines is 1. The molecule has 2 saturated heterocycles. The maximum absolute atomic E-state index is 13.5. The smallest absolute Gasteiger partial charge is 0.309 e. The minimum atomic E-state index is -0.862. The van der Waals surface area contributed by atoms with Gasteiger partial charge in [0, 0.05) is 27.5 Å². The Balaban J connectivity index is 1.76. The molecular formula is C20H17BrCl2N2O2. The van der Waals surface area contributed by atoms with Crippen LogP contribution in [0.3, 0.4) is 0 Å². The first-order chi connectivity index (χ1) is 12.8. The summed E-state index contributed by atoms with van der Waals surface area (Å²) >= 11 is 15.6. The number of carbonyl (C=O) groups excluding carboxylic acids is 2. The zero-order valence-electron chi connectivity index (χ0n) is 14.6. The van der Waals surface area contributed by atoms with E-state index in [1.165, 1.54) is 4.90 Å². The first-order valence-electron chi connectivity index (χ1n) is 8.67. The third kappa shape index (κ3) is 3.16. The van der Waals surface area contributed by atoms with E-state index >= 15 is 0 Å². The standard InChI is InChI=1S/C20H17BrCl2N2O2/c1-12-9-20(10-13-2-4-14(21)5-3-13)18(26)25(19(27)24(20)11-12)17-7-15(22)6-16(23)8-17/h2-8,12H,9-11H2,1H3/t12-,20?/m0/s1. The molecule has 2 aromatic rings. The molecular weight excluding hydrogens is 451 g/mol. The number of imide groups is 1. The molecule has 2 atom stereocenters. The zero-order chi connectivity index (χ0) is 19.3. The van der Waals surface area contributed by atoms with Crippen LogP contribution in [0.15, 0.2) is 46.9 Å². The van der Waals surface area contributed by atoms with Gasteiger partial charge in [-0.25, -0.2) is 9.69 Å². The summed E-state index contributed by atoms with van der Waals surface area (Å²) in [7, 11) is 0. The second kappa shape index (κ2) is 6.80. The molecule has 140 valence electrons. The van der Waals surface area contributed by atoms with Crippen molar-refractivity contribution in [1.82, 2.24) is 4.90 Å². The highest BCUT2D eigenvalue weighted by atomic mass is 79.9. The fourth-order valence-corrected chi connectivity index (χ4v) is 4.98. The minimum absolute atomic E-state index is 0.210. The maximum atomic E-state index is 13.5. The summed E-state index contributed by atoms with van der Waals surface area (Å²) in [5.41, 5.74) is 0.572. The van der Waals surface area contributed by atoms with Crippen molar-refractivity contribution in [3.63, 3.8) is 0 Å². The number of urea groups is 1. The summed E-state index contributed by atoms with van der Waals surface area (Å²) in [4.78, 5) is 29.6. The predicted octanol–water partition coefficient (Wildman–Crippen LogP) is 5.55. The lowest BCUT2D eigenvalue weighted by Crippen LogP contribution is -2.47. The fraction of sp³-hybridized carbons (Fsp3) is 0.300. The Morgan fingerprint density at radius 2 is 1.74 bits per heavy atom. The normalized spacial score (nSPS) is 24.7. The van der Waals surface area contributed by atoms with Crippen molar-refractivity contribution < 1.29 is 9.59 Å². The molecule has 4 rings (SSSR count). The summed E-state index contributed by atoms with van der Waals surface area (Å²) in [5, 5.41) is 0.779. The van der Waals surface area contributed by atoms with Crippen molar-refractivity contribution in [3.05, 3.63) is 62.5 Å². The Morgan fingerprint density at radius 1 is 1.11 bits per heavy atom. The Bertz CT molecular complexity index is 914. The van der Waals surface area contributed by atoms with Crippen molar-refractivity contribution >= 4 is 56.8 Å². The van der Waals surface area contributed by atoms with Crippen molar-refractivity contribution in [3.8, 4) is 0 Å². The van der Waals surface area contributed by atoms with Gasteiger partial charge in [0.05, 0.1) is 5.69 Å². The molecule has 0 N–H and O–H groups in total. The van der Waals surface area contributed by atoms with Crippen LogP contribution in [-0.4, -0.2) is 28.9 Å². The number of hydrogen-bond donors (Lipinski definition) is 0. The van der Waals surface area contributed by atoms with Gasteiger partial charge in [0.2, 0.25) is 0 Å². The van der Waals surface area contributed by atoms with Crippen LogP contribution >= 0.6 is 39.1 Å². The SMILES string of the molecule is C[C@@H]1CN2C(=O)N(c3cc(Cl)cc(Cl)c3)C(=O)C2(Cc2ccc(Br)cc2)C1. The molecule has 2 aromatic carbocycles. The second-order valence-corrected chi connectivity index (χ2v) is 9.09. The number of halogens is 3. The number of hydrogen-bond acceptors (Lipinski definition) is 2. The molecule has 2 fully saturated rings. The highest BCUT2D eigenvalue weighted by Gasteiger charge is 2.61. The quantitative estimate of drug-likeness (QED) is 0.555. The van der Waals surface area contributed by atoms with Crippen LogP contribution in [0.1, 0.15) is 18.9 Å². The number of amides is 3. The summed E-state index contributed by atoms with van der Waals surface area (Å²) in [6.07, 6.45) is 1.12. The van der Waals surface area contributed by atoms with E-state index in [9.17, 15) is 9.59 Å². The molecule has 0 aromatic heterocycles. The van der Waals surface area contributed by atoms with Crippen LogP contribution < -0.4 is 4.90 Å². The second-order valence-electron chi connectivity index (χ2n) is 7.31. The van der Waals surface area contributed by atoms with E-state index in [1.54, 1.807) is 23.1 Å². The van der Waals surface area contributed by atoms with E-state index in [1.807, 2.05) is 24.3 Å². The molecule has 0 spiro atoms. The van der Waals surface area contributed by atoms with Crippen LogP contribution in [0.2, 0.25) is 10.0 Å². The number of benzene rings is 2. The van der Waals surface area contributed by atoms with E-state index in [4.69, 9.17) is 23.2 Å². The molecule has 1 unspecified atom stereocenters. The van der Waals surface area contributed by atoms with Gasteiger partial charge in [-0.15, -0.1) is 0 Å². The van der Waals surface area contributed by atoms with Crippen LogP contribution in [-0.2, 0) is 11.2 Å². The number of nitrogens with zero attached hydrogens (tertiary/aromatic N) is 2. The van der Waals surface area contributed by atoms with Gasteiger partial charge >= 0.3 is 6.03 Å². The molecule has 3 amide bonds. The third-order valence-electron chi connectivity index (χ3n) is 5.24. The average Bonchev–Trinajstić information content (AvgIpc) is 3.01. The third-order valence-corrected chi connectivity index (χ3v) is 6.20. The van der Waals surface area contributed by atoms with Gasteiger partial charge < -0.3 is 4.90 Å². The number of rotatable bonds is 3. The van der Waals surface area contributed by atoms with Crippen molar-refractivity contribution in [1.29, 1.82) is 0 Å². The number of fused-ring (bicyclic) bond motifs is 1. The van der Waals surface area contributed by atoms with Crippen molar-refractivity contribution in [2.24, 2.45) is 5.92 Å². The largest absolute Gasteiger partial charge is 0.332 e. The van der Waals surface area contributed by atoms with Crippen LogP contribution in [0.5, 0.6) is 0 Å². The predicted molar refractivity (Wildman–Crippen MR) is 110 cm³/mol. The summed E-state index contributed by atoms with van der Waals surface area (Å²) in [6.45, 7) is 2.63. The lowest BCUT2D eigenvalue weighted by molar-refractivity contribution is -0.124. The molecule has 4 nitrogen and oxygen atoms in total. The lowest BCUT2D eigenvalue weighted by atomic mass is 9.86. The Hall–Kier alpha value is -1.56. The average molecular weight is 468 g/mol. The van der Waals surface area contributed by atoms with Gasteiger partial charge in [-0.3, -0.25) is 4.79 Å². The van der Waals surface area contributed by atoms with Gasteiger partial charge in [-0.1, -0.05) is 58.2 Å². The summed E-state index contributed by atoms with van der Waals surface area (Å²) < 4.78 is 0.976. The molecule has 2 aliphatic heterocycles. The van der Waals surface area contributed by atoms with Crippen LogP contribution in [0, 0.1) is 5.92 Å². The molecule has 0 aliphatic carbocycles. The van der Waals surface area contributed by atoms with E-state index < -0.39 is 5.54 Å². The Morgan fingerprint density at radius 3 is 2.37 bits per heavy atom. The lowest BCUT2D eigenvalue weighted by Gasteiger charge is -2.28. The molecule has 0 bridgehead atoms. The molecule has 2 aliphatic rings. The van der Waals surface area contributed by atoms with Gasteiger partial charge in [0.15, 0.2) is 0 Å². The minimum Gasteiger partial charge on any atom is -0.309 e. The first-order valence-corrected chi connectivity index (χ1v) is 10.2. The van der Waals surface area contributed by atoms with Gasteiger partial charge in [-0.2, -0.15) is 0 Å². The van der Waals surface area contributed by atoms with Gasteiger partial charge in [0.1, 0.15) is 5.54 Å². The maximum Gasteiger partial charge on any atom is 0.332 e. The summed E-state index contributed by atoms with van der Waals surface area (Å²) in [6, 6.07) is 12.3. The molecule has 0 radical (unpaired) electrons. The van der Waals surface area contributed by atoms with Crippen molar-refractivity contribution in [2.45, 2.75) is 25.3 Å². The van der Waals surface area contributed by atoms with E-state index in [0.29, 0.717) is 35.1 Å². The number of carbonyl (C=O) groups is 2. The molecule has 0 saturated carbocycles. The molecule has 27 heavy (non-hydrogen) atoms. The fourth-order valence-electron chi connectivity index (χ4n) is 4.20. The molecule has 2 heterocycles. The van der Waals surface area contributed by atoms with E-state index in [-0.39, 0.29) is 17.9 Å². The highest BCUT2D eigenvalue weighted by molar-refractivity contribution is 9.10. The van der Waals surface area contributed by atoms with Crippen LogP contribution in [0.25, 0.3) is 0 Å². The van der Waals surface area contributed by atoms with Gasteiger partial charge in [0.25, 0.3) is 5.91 Å². The summed E-state index contributed by atoms with van der Waals surface area (Å²) in [5.74, 6) is 0.0524. The van der Waals surface area contributed by atoms with E-state index in [0.717, 1.165) is 10.0 Å². The monoisotopic (exact) mass is 466 g/mol. The Kier molecular flexibility index (Phi) is 4.73. The topological polar surface area (TPSA) is 40.6 Å². The van der Waals surface area contributed by atoms with Crippen LogP contribution in [0.4, 0.5) is 10.5 Å². The van der Waals surface area contributed by atoms with Gasteiger partial charge in [-0.05, 0) is 48.2 Å². The molecule has 7 heteroatoms. The first kappa shape index (κ1) is 18.8. The van der Waals surface area contributed by atoms with Crippen molar-refractivity contribution in [2.75, 3.05) is 11.4 Å². The zero-order valence-corrected chi connectivity index (χ0v) is 17.7. The Labute approximate surface area is 176 Å². The highest BCUT2D eigenvalue weighted by Crippen LogP contribution is 2.44.